The summed E-state index contributed by atoms with van der Waals surface area (Å²) in [7, 11) is 0. The smallest absolute Gasteiger partial charge is 0.322 e. The Kier molecular flexibility index (Phi) is 6.77. The van der Waals surface area contributed by atoms with Crippen molar-refractivity contribution in [3.63, 3.8) is 0 Å². The summed E-state index contributed by atoms with van der Waals surface area (Å²) >= 11 is 0. The number of carbonyl (C=O) groups is 2. The van der Waals surface area contributed by atoms with Gasteiger partial charge in [0.1, 0.15) is 5.82 Å². The van der Waals surface area contributed by atoms with Crippen LogP contribution in [-0.4, -0.2) is 42.4 Å². The number of nitrogens with zero attached hydrogens (tertiary/aromatic N) is 3. The van der Waals surface area contributed by atoms with Crippen LogP contribution < -0.4 is 10.2 Å². The van der Waals surface area contributed by atoms with Crippen LogP contribution in [0.5, 0.6) is 0 Å². The fraction of sp³-hybridized carbons (Fsp3) is 0.462. The second-order valence-corrected chi connectivity index (χ2v) is 9.32. The lowest BCUT2D eigenvalue weighted by molar-refractivity contribution is -0.111. The van der Waals surface area contributed by atoms with E-state index in [1.54, 1.807) is 42.3 Å². The van der Waals surface area contributed by atoms with E-state index in [-0.39, 0.29) is 13.4 Å². The minimum absolute atomic E-state index is 0. The fourth-order valence-corrected chi connectivity index (χ4v) is 5.26. The number of amides is 3. The highest BCUT2D eigenvalue weighted by atomic mass is 16.2. The summed E-state index contributed by atoms with van der Waals surface area (Å²) in [5.74, 6) is 0.986. The van der Waals surface area contributed by atoms with Gasteiger partial charge in [0.15, 0.2) is 0 Å². The van der Waals surface area contributed by atoms with E-state index in [1.165, 1.54) is 43.2 Å². The molecule has 0 saturated heterocycles. The van der Waals surface area contributed by atoms with E-state index in [1.807, 2.05) is 19.1 Å². The molecule has 4 rings (SSSR count). The van der Waals surface area contributed by atoms with Crippen molar-refractivity contribution in [1.82, 2.24) is 4.90 Å². The normalized spacial score (nSPS) is 20.5. The summed E-state index contributed by atoms with van der Waals surface area (Å²) < 4.78 is 0. The van der Waals surface area contributed by atoms with Crippen molar-refractivity contribution < 1.29 is 11.0 Å². The summed E-state index contributed by atoms with van der Waals surface area (Å²) in [6.45, 7) is 4.57. The van der Waals surface area contributed by atoms with Crippen LogP contribution in [0.15, 0.2) is 52.8 Å². The van der Waals surface area contributed by atoms with Gasteiger partial charge in [-0.1, -0.05) is 18.6 Å². The second kappa shape index (κ2) is 9.73. The van der Waals surface area contributed by atoms with E-state index < -0.39 is 0 Å². The Morgan fingerprint density at radius 1 is 1.36 bits per heavy atom. The zero-order valence-corrected chi connectivity index (χ0v) is 19.5. The Morgan fingerprint density at radius 3 is 2.79 bits per heavy atom. The van der Waals surface area contributed by atoms with Gasteiger partial charge in [-0.2, -0.15) is 0 Å². The van der Waals surface area contributed by atoms with Crippen molar-refractivity contribution in [2.24, 2.45) is 16.3 Å². The largest absolute Gasteiger partial charge is 0.330 e. The lowest BCUT2D eigenvalue weighted by atomic mass is 9.51. The van der Waals surface area contributed by atoms with Crippen LogP contribution in [0.25, 0.3) is 0 Å². The van der Waals surface area contributed by atoms with Crippen molar-refractivity contribution in [2.45, 2.75) is 52.4 Å². The zero-order valence-electron chi connectivity index (χ0n) is 19.5. The molecule has 2 aliphatic carbocycles. The number of allylic oxidation sites excluding steroid dienone is 1. The van der Waals surface area contributed by atoms with Crippen molar-refractivity contribution >= 4 is 35.7 Å². The third-order valence-corrected chi connectivity index (χ3v) is 7.10. The minimum atomic E-state index is -0.197. The molecule has 0 aromatic heterocycles. The number of carbonyl (C=O) groups excluding carboxylic acids is 2. The van der Waals surface area contributed by atoms with Crippen molar-refractivity contribution in [2.75, 3.05) is 23.3 Å². The predicted octanol–water partition coefficient (Wildman–Crippen LogP) is 5.61. The molecule has 3 amide bonds. The first kappa shape index (κ1) is 23.0. The monoisotopic (exact) mass is 449 g/mol. The summed E-state index contributed by atoms with van der Waals surface area (Å²) in [6.07, 6.45) is 14.2. The first-order chi connectivity index (χ1) is 16.0. The number of anilines is 2. The van der Waals surface area contributed by atoms with E-state index in [0.717, 1.165) is 12.3 Å². The molecule has 1 aliphatic heterocycles. The third kappa shape index (κ3) is 4.77. The van der Waals surface area contributed by atoms with E-state index in [0.29, 0.717) is 41.3 Å². The molecule has 2 N–H and O–H groups in total. The fourth-order valence-electron chi connectivity index (χ4n) is 5.26. The van der Waals surface area contributed by atoms with Crippen LogP contribution in [-0.2, 0) is 4.79 Å². The van der Waals surface area contributed by atoms with Crippen LogP contribution in [0.3, 0.4) is 0 Å². The number of aliphatic imine (C=N–C) groups is 1. The summed E-state index contributed by atoms with van der Waals surface area (Å²) in [5, 5.41) is 10.7. The molecule has 2 saturated carbocycles. The standard InChI is InChI=1S/C26H33N5O2.H2/c1-3-28-24-20(17-27)18-30(4-2)25(33)31(24)22-10-6-9-21(14-22)29-23(32)11-5-8-19-15-26(16-19)12-7-13-26;/h3,5-6,9-11,14,17,19,27H,4,7-8,12-13,15-16,18H2,1-2H3,(H,29,32);1H/b11-5+,27-17?,28-3+;. The van der Waals surface area contributed by atoms with Gasteiger partial charge in [0.2, 0.25) is 5.91 Å². The van der Waals surface area contributed by atoms with Gasteiger partial charge < -0.3 is 15.6 Å². The molecule has 1 spiro atoms. The maximum Gasteiger partial charge on any atom is 0.330 e. The molecule has 0 atom stereocenters. The number of nitrogens with one attached hydrogen (secondary N) is 2. The van der Waals surface area contributed by atoms with Crippen molar-refractivity contribution in [3.8, 4) is 0 Å². The lowest BCUT2D eigenvalue weighted by Gasteiger charge is -2.54. The zero-order chi connectivity index (χ0) is 23.4. The van der Waals surface area contributed by atoms with Crippen LogP contribution >= 0.6 is 0 Å². The van der Waals surface area contributed by atoms with E-state index in [4.69, 9.17) is 5.41 Å². The summed E-state index contributed by atoms with van der Waals surface area (Å²) in [5.41, 5.74) is 2.52. The highest BCUT2D eigenvalue weighted by Gasteiger charge is 2.47. The summed E-state index contributed by atoms with van der Waals surface area (Å²) in [6, 6.07) is 6.98. The number of benzene rings is 1. The molecule has 0 unspecified atom stereocenters. The number of likely N-dealkylation sites (N-methyl/N-ethyl adjacent to an activating group) is 1. The number of urea groups is 1. The topological polar surface area (TPSA) is 88.9 Å². The lowest BCUT2D eigenvalue weighted by Crippen LogP contribution is -2.48. The molecule has 7 heteroatoms. The first-order valence-corrected chi connectivity index (χ1v) is 11.9. The van der Waals surface area contributed by atoms with Gasteiger partial charge in [-0.3, -0.25) is 4.79 Å². The Hall–Kier alpha value is -3.22. The first-order valence-electron chi connectivity index (χ1n) is 11.9. The molecule has 1 aromatic carbocycles. The highest BCUT2D eigenvalue weighted by Crippen LogP contribution is 2.59. The SMILES string of the molecule is C/C=N/C1=C(C=N)CN(CC)C(=O)N1c1cccc(NC(=O)/C=C/CC2CC3(CCC3)C2)c1.[HH]. The average molecular weight is 450 g/mol. The molecule has 7 nitrogen and oxygen atoms in total. The summed E-state index contributed by atoms with van der Waals surface area (Å²) in [4.78, 5) is 33.1. The molecule has 176 valence electrons. The molecule has 0 bridgehead atoms. The maximum absolute atomic E-state index is 13.1. The van der Waals surface area contributed by atoms with E-state index >= 15 is 0 Å². The highest BCUT2D eigenvalue weighted by molar-refractivity contribution is 6.02. The van der Waals surface area contributed by atoms with Crippen LogP contribution in [0.4, 0.5) is 16.2 Å². The van der Waals surface area contributed by atoms with Crippen LogP contribution in [0, 0.1) is 16.7 Å². The average Bonchev–Trinajstić information content (AvgIpc) is 2.74. The molecule has 33 heavy (non-hydrogen) atoms. The number of rotatable bonds is 8. The quantitative estimate of drug-likeness (QED) is 0.399. The van der Waals surface area contributed by atoms with E-state index in [2.05, 4.69) is 10.3 Å². The number of hydrogen-bond acceptors (Lipinski definition) is 4. The van der Waals surface area contributed by atoms with E-state index in [9.17, 15) is 9.59 Å². The molecule has 1 heterocycles. The van der Waals surface area contributed by atoms with Crippen molar-refractivity contribution in [3.05, 3.63) is 47.8 Å². The van der Waals surface area contributed by atoms with Crippen LogP contribution in [0.1, 0.15) is 53.8 Å². The molecular formula is C26H35N5O2. The van der Waals surface area contributed by atoms with Gasteiger partial charge in [-0.25, -0.2) is 14.7 Å². The van der Waals surface area contributed by atoms with Gasteiger partial charge >= 0.3 is 6.03 Å². The Balaban J connectivity index is 0.00000324. The minimum Gasteiger partial charge on any atom is -0.322 e. The van der Waals surface area contributed by atoms with Crippen LogP contribution in [0.2, 0.25) is 0 Å². The second-order valence-electron chi connectivity index (χ2n) is 9.32. The number of hydrogen-bond donors (Lipinski definition) is 2. The molecule has 3 aliphatic rings. The van der Waals surface area contributed by atoms with Gasteiger partial charge in [-0.15, -0.1) is 0 Å². The van der Waals surface area contributed by atoms with Gasteiger partial charge in [0.05, 0.1) is 12.2 Å². The van der Waals surface area contributed by atoms with Crippen molar-refractivity contribution in [1.29, 1.82) is 5.41 Å². The molecule has 2 fully saturated rings. The molecule has 1 aromatic rings. The molecular weight excluding hydrogens is 414 g/mol. The van der Waals surface area contributed by atoms with Gasteiger partial charge in [0, 0.05) is 31.7 Å². The predicted molar refractivity (Wildman–Crippen MR) is 135 cm³/mol. The third-order valence-electron chi connectivity index (χ3n) is 7.10. The maximum atomic E-state index is 13.1. The Morgan fingerprint density at radius 2 is 2.15 bits per heavy atom. The Bertz CT molecular complexity index is 1020. The Labute approximate surface area is 197 Å². The molecule has 0 radical (unpaired) electrons. The van der Waals surface area contributed by atoms with Gasteiger partial charge in [-0.05, 0) is 81.6 Å². The van der Waals surface area contributed by atoms with Gasteiger partial charge in [0.25, 0.3) is 0 Å².